The van der Waals surface area contributed by atoms with Gasteiger partial charge in [-0.05, 0) is 30.4 Å². The highest BCUT2D eigenvalue weighted by Gasteiger charge is 2.40. The van der Waals surface area contributed by atoms with Gasteiger partial charge in [0.2, 0.25) is 0 Å². The molecule has 0 spiro atoms. The fraction of sp³-hybridized carbons (Fsp3) is 0.478. The number of rotatable bonds is 5. The minimum absolute atomic E-state index is 0.00315. The van der Waals surface area contributed by atoms with Crippen LogP contribution in [0.2, 0.25) is 0 Å². The number of benzene rings is 1. The molecular formula is C23H28N2O4. The van der Waals surface area contributed by atoms with Crippen LogP contribution in [0.1, 0.15) is 38.2 Å². The molecule has 1 aliphatic carbocycles. The van der Waals surface area contributed by atoms with Crippen molar-refractivity contribution in [2.45, 2.75) is 51.4 Å². The molecule has 1 saturated heterocycles. The Balaban J connectivity index is 1.42. The van der Waals surface area contributed by atoms with E-state index in [1.54, 1.807) is 4.90 Å². The lowest BCUT2D eigenvalue weighted by Crippen LogP contribution is -2.38. The first kappa shape index (κ1) is 19.6. The molecule has 154 valence electrons. The van der Waals surface area contributed by atoms with Crippen LogP contribution in [0.3, 0.4) is 0 Å². The van der Waals surface area contributed by atoms with Crippen molar-refractivity contribution in [3.63, 3.8) is 0 Å². The van der Waals surface area contributed by atoms with Gasteiger partial charge in [-0.3, -0.25) is 4.79 Å². The Morgan fingerprint density at radius 3 is 2.86 bits per heavy atom. The Hall–Kier alpha value is -2.76. The highest BCUT2D eigenvalue weighted by molar-refractivity contribution is 5.69. The van der Waals surface area contributed by atoms with Gasteiger partial charge in [-0.1, -0.05) is 42.5 Å². The predicted octanol–water partition coefficient (Wildman–Crippen LogP) is 3.54. The lowest BCUT2D eigenvalue weighted by Gasteiger charge is -2.26. The molecule has 6 nitrogen and oxygen atoms in total. The SMILES string of the molecule is CC(=O)OC1C[C@@H](C[C@H]2CNC3=C2C=CCC3)N(C(=O)OCc2ccccc2)C1. The summed E-state index contributed by atoms with van der Waals surface area (Å²) in [6.45, 7) is 2.94. The van der Waals surface area contributed by atoms with Crippen molar-refractivity contribution < 1.29 is 19.1 Å². The van der Waals surface area contributed by atoms with Gasteiger partial charge in [0, 0.05) is 37.5 Å². The van der Waals surface area contributed by atoms with Crippen LogP contribution in [0.4, 0.5) is 4.79 Å². The predicted molar refractivity (Wildman–Crippen MR) is 109 cm³/mol. The molecule has 0 saturated carbocycles. The molecule has 0 aromatic heterocycles. The summed E-state index contributed by atoms with van der Waals surface area (Å²) in [7, 11) is 0. The van der Waals surface area contributed by atoms with E-state index >= 15 is 0 Å². The fourth-order valence-corrected chi connectivity index (χ4v) is 4.59. The molecule has 1 aromatic carbocycles. The van der Waals surface area contributed by atoms with Crippen LogP contribution >= 0.6 is 0 Å². The van der Waals surface area contributed by atoms with Gasteiger partial charge in [-0.15, -0.1) is 0 Å². The van der Waals surface area contributed by atoms with E-state index in [4.69, 9.17) is 9.47 Å². The fourth-order valence-electron chi connectivity index (χ4n) is 4.59. The van der Waals surface area contributed by atoms with Crippen molar-refractivity contribution in [2.24, 2.45) is 5.92 Å². The number of hydrogen-bond donors (Lipinski definition) is 1. The molecule has 0 radical (unpaired) electrons. The summed E-state index contributed by atoms with van der Waals surface area (Å²) in [6, 6.07) is 9.65. The summed E-state index contributed by atoms with van der Waals surface area (Å²) in [5.41, 5.74) is 3.66. The number of nitrogens with zero attached hydrogens (tertiary/aromatic N) is 1. The second-order valence-corrected chi connectivity index (χ2v) is 8.00. The molecule has 29 heavy (non-hydrogen) atoms. The Morgan fingerprint density at radius 1 is 1.24 bits per heavy atom. The van der Waals surface area contributed by atoms with Crippen LogP contribution in [-0.2, 0) is 20.9 Å². The second kappa shape index (κ2) is 8.72. The molecule has 3 aliphatic rings. The summed E-state index contributed by atoms with van der Waals surface area (Å²) in [5.74, 6) is 0.0584. The number of esters is 1. The van der Waals surface area contributed by atoms with Crippen LogP contribution in [-0.4, -0.2) is 42.2 Å². The van der Waals surface area contributed by atoms with Crippen molar-refractivity contribution in [3.8, 4) is 0 Å². The van der Waals surface area contributed by atoms with E-state index in [1.807, 2.05) is 30.3 Å². The molecule has 1 amide bonds. The topological polar surface area (TPSA) is 67.9 Å². The van der Waals surface area contributed by atoms with Crippen LogP contribution in [0.25, 0.3) is 0 Å². The van der Waals surface area contributed by atoms with Gasteiger partial charge in [0.25, 0.3) is 0 Å². The minimum atomic E-state index is -0.340. The Bertz CT molecular complexity index is 817. The standard InChI is InChI=1S/C23H28N2O4/c1-16(26)29-20-12-19(11-18-13-24-22-10-6-5-9-21(18)22)25(14-20)23(27)28-15-17-7-3-2-4-8-17/h2-5,7-9,18-20,24H,6,10-15H2,1H3/t18-,19+,20?/m0/s1. The number of carbonyl (C=O) groups is 2. The van der Waals surface area contributed by atoms with Gasteiger partial charge in [0.1, 0.15) is 12.7 Å². The van der Waals surface area contributed by atoms with E-state index in [1.165, 1.54) is 18.2 Å². The number of carbonyl (C=O) groups excluding carboxylic acids is 2. The summed E-state index contributed by atoms with van der Waals surface area (Å²) >= 11 is 0. The Labute approximate surface area is 171 Å². The number of likely N-dealkylation sites (tertiary alicyclic amines) is 1. The van der Waals surface area contributed by atoms with E-state index in [2.05, 4.69) is 17.5 Å². The monoisotopic (exact) mass is 396 g/mol. The zero-order valence-corrected chi connectivity index (χ0v) is 16.8. The van der Waals surface area contributed by atoms with Crippen molar-refractivity contribution in [3.05, 3.63) is 59.3 Å². The maximum absolute atomic E-state index is 12.8. The van der Waals surface area contributed by atoms with E-state index in [-0.39, 0.29) is 30.8 Å². The van der Waals surface area contributed by atoms with E-state index in [0.717, 1.165) is 31.4 Å². The van der Waals surface area contributed by atoms with Crippen molar-refractivity contribution >= 4 is 12.1 Å². The number of ether oxygens (including phenoxy) is 2. The van der Waals surface area contributed by atoms with Gasteiger partial charge >= 0.3 is 12.1 Å². The van der Waals surface area contributed by atoms with E-state index in [0.29, 0.717) is 18.9 Å². The van der Waals surface area contributed by atoms with E-state index in [9.17, 15) is 9.59 Å². The molecule has 2 aliphatic heterocycles. The highest BCUT2D eigenvalue weighted by atomic mass is 16.6. The van der Waals surface area contributed by atoms with Crippen molar-refractivity contribution in [1.29, 1.82) is 0 Å². The molecule has 0 bridgehead atoms. The molecule has 4 rings (SSSR count). The van der Waals surface area contributed by atoms with Crippen LogP contribution in [0, 0.1) is 5.92 Å². The Morgan fingerprint density at radius 2 is 2.07 bits per heavy atom. The third-order valence-corrected chi connectivity index (χ3v) is 5.91. The lowest BCUT2D eigenvalue weighted by molar-refractivity contribution is -0.145. The lowest BCUT2D eigenvalue weighted by atomic mass is 9.89. The van der Waals surface area contributed by atoms with E-state index < -0.39 is 0 Å². The maximum atomic E-state index is 12.8. The van der Waals surface area contributed by atoms with Gasteiger partial charge in [-0.2, -0.15) is 0 Å². The van der Waals surface area contributed by atoms with Gasteiger partial charge < -0.3 is 19.7 Å². The summed E-state index contributed by atoms with van der Waals surface area (Å²) < 4.78 is 11.0. The summed E-state index contributed by atoms with van der Waals surface area (Å²) in [4.78, 5) is 26.0. The molecular weight excluding hydrogens is 368 g/mol. The number of nitrogens with one attached hydrogen (secondary N) is 1. The first-order valence-corrected chi connectivity index (χ1v) is 10.4. The molecule has 1 N–H and O–H groups in total. The molecule has 2 heterocycles. The van der Waals surface area contributed by atoms with Crippen LogP contribution in [0.5, 0.6) is 0 Å². The summed E-state index contributed by atoms with van der Waals surface area (Å²) in [5, 5.41) is 3.53. The molecule has 1 aromatic rings. The minimum Gasteiger partial charge on any atom is -0.461 e. The summed E-state index contributed by atoms with van der Waals surface area (Å²) in [6.07, 6.45) is 7.47. The quantitative estimate of drug-likeness (QED) is 0.771. The third-order valence-electron chi connectivity index (χ3n) is 5.91. The number of allylic oxidation sites excluding steroid dienone is 3. The average molecular weight is 396 g/mol. The largest absolute Gasteiger partial charge is 0.461 e. The number of amides is 1. The molecule has 1 unspecified atom stereocenters. The molecule has 1 fully saturated rings. The van der Waals surface area contributed by atoms with Crippen LogP contribution in [0.15, 0.2) is 53.8 Å². The normalized spacial score (nSPS) is 25.6. The zero-order valence-electron chi connectivity index (χ0n) is 16.8. The van der Waals surface area contributed by atoms with Crippen molar-refractivity contribution in [1.82, 2.24) is 10.2 Å². The molecule has 3 atom stereocenters. The van der Waals surface area contributed by atoms with Gasteiger partial charge in [-0.25, -0.2) is 4.79 Å². The van der Waals surface area contributed by atoms with Gasteiger partial charge in [0.15, 0.2) is 0 Å². The Kier molecular flexibility index (Phi) is 5.88. The van der Waals surface area contributed by atoms with Crippen molar-refractivity contribution in [2.75, 3.05) is 13.1 Å². The molecule has 6 heteroatoms. The smallest absolute Gasteiger partial charge is 0.410 e. The first-order chi connectivity index (χ1) is 14.1. The maximum Gasteiger partial charge on any atom is 0.410 e. The zero-order chi connectivity index (χ0) is 20.2. The average Bonchev–Trinajstić information content (AvgIpc) is 3.31. The van der Waals surface area contributed by atoms with Crippen LogP contribution < -0.4 is 5.32 Å². The third kappa shape index (κ3) is 4.63. The first-order valence-electron chi connectivity index (χ1n) is 10.4. The highest BCUT2D eigenvalue weighted by Crippen LogP contribution is 2.35. The van der Waals surface area contributed by atoms with Gasteiger partial charge in [0.05, 0.1) is 6.54 Å². The number of hydrogen-bond acceptors (Lipinski definition) is 5. The second-order valence-electron chi connectivity index (χ2n) is 8.00.